The SMILES string of the molecule is Cc1nn(C)c(C)c1NC(=O)COC(=O)Cc1ccc(Br)cc1. The van der Waals surface area contributed by atoms with Crippen LogP contribution in [0.1, 0.15) is 17.0 Å². The number of nitrogens with one attached hydrogen (secondary N) is 1. The Bertz CT molecular complexity index is 723. The van der Waals surface area contributed by atoms with Gasteiger partial charge >= 0.3 is 5.97 Å². The molecule has 0 atom stereocenters. The third-order valence-corrected chi connectivity index (χ3v) is 3.93. The van der Waals surface area contributed by atoms with Crippen LogP contribution in [0.4, 0.5) is 5.69 Å². The summed E-state index contributed by atoms with van der Waals surface area (Å²) in [6.45, 7) is 3.35. The van der Waals surface area contributed by atoms with Gasteiger partial charge in [-0.3, -0.25) is 14.3 Å². The Kier molecular flexibility index (Phi) is 5.54. The highest BCUT2D eigenvalue weighted by Gasteiger charge is 2.14. The highest BCUT2D eigenvalue weighted by atomic mass is 79.9. The van der Waals surface area contributed by atoms with Gasteiger partial charge in [-0.1, -0.05) is 28.1 Å². The van der Waals surface area contributed by atoms with E-state index in [0.29, 0.717) is 5.69 Å². The average molecular weight is 380 g/mol. The molecule has 0 saturated carbocycles. The Morgan fingerprint density at radius 1 is 1.26 bits per heavy atom. The van der Waals surface area contributed by atoms with E-state index >= 15 is 0 Å². The summed E-state index contributed by atoms with van der Waals surface area (Å²) in [5, 5.41) is 6.93. The largest absolute Gasteiger partial charge is 0.455 e. The van der Waals surface area contributed by atoms with Crippen molar-refractivity contribution in [1.82, 2.24) is 9.78 Å². The number of aryl methyl sites for hydroxylation is 2. The second-order valence-corrected chi connectivity index (χ2v) is 6.10. The zero-order valence-electron chi connectivity index (χ0n) is 13.2. The first kappa shape index (κ1) is 17.2. The monoisotopic (exact) mass is 379 g/mol. The van der Waals surface area contributed by atoms with Gasteiger partial charge < -0.3 is 10.1 Å². The third-order valence-electron chi connectivity index (χ3n) is 3.40. The fourth-order valence-corrected chi connectivity index (χ4v) is 2.36. The van der Waals surface area contributed by atoms with E-state index in [4.69, 9.17) is 4.74 Å². The summed E-state index contributed by atoms with van der Waals surface area (Å²) < 4.78 is 7.63. The van der Waals surface area contributed by atoms with Gasteiger partial charge in [0, 0.05) is 11.5 Å². The second kappa shape index (κ2) is 7.41. The van der Waals surface area contributed by atoms with Crippen molar-refractivity contribution in [1.29, 1.82) is 0 Å². The summed E-state index contributed by atoms with van der Waals surface area (Å²) in [7, 11) is 1.80. The first-order valence-corrected chi connectivity index (χ1v) is 7.86. The normalized spacial score (nSPS) is 10.4. The highest BCUT2D eigenvalue weighted by Crippen LogP contribution is 2.18. The van der Waals surface area contributed by atoms with Crippen LogP contribution < -0.4 is 5.32 Å². The van der Waals surface area contributed by atoms with Crippen LogP contribution in [0.25, 0.3) is 0 Å². The Morgan fingerprint density at radius 2 is 1.91 bits per heavy atom. The fraction of sp³-hybridized carbons (Fsp3) is 0.312. The van der Waals surface area contributed by atoms with Crippen LogP contribution in [0.5, 0.6) is 0 Å². The van der Waals surface area contributed by atoms with Crippen LogP contribution in [-0.4, -0.2) is 28.3 Å². The molecule has 0 radical (unpaired) electrons. The molecule has 0 aliphatic carbocycles. The highest BCUT2D eigenvalue weighted by molar-refractivity contribution is 9.10. The van der Waals surface area contributed by atoms with Gasteiger partial charge in [0.2, 0.25) is 0 Å². The summed E-state index contributed by atoms with van der Waals surface area (Å²) in [6, 6.07) is 7.36. The first-order chi connectivity index (χ1) is 10.9. The van der Waals surface area contributed by atoms with Gasteiger partial charge in [0.15, 0.2) is 6.61 Å². The quantitative estimate of drug-likeness (QED) is 0.810. The van der Waals surface area contributed by atoms with Crippen molar-refractivity contribution >= 4 is 33.5 Å². The molecule has 7 heteroatoms. The minimum atomic E-state index is -0.442. The van der Waals surface area contributed by atoms with Crippen LogP contribution in [0.15, 0.2) is 28.7 Å². The Morgan fingerprint density at radius 3 is 2.48 bits per heavy atom. The van der Waals surface area contributed by atoms with Gasteiger partial charge in [0.25, 0.3) is 5.91 Å². The molecule has 0 saturated heterocycles. The van der Waals surface area contributed by atoms with Crippen molar-refractivity contribution in [2.75, 3.05) is 11.9 Å². The minimum Gasteiger partial charge on any atom is -0.455 e. The zero-order valence-corrected chi connectivity index (χ0v) is 14.8. The maximum absolute atomic E-state index is 11.9. The van der Waals surface area contributed by atoms with Gasteiger partial charge in [0.05, 0.1) is 23.5 Å². The minimum absolute atomic E-state index is 0.130. The van der Waals surface area contributed by atoms with E-state index in [0.717, 1.165) is 21.4 Å². The van der Waals surface area contributed by atoms with Crippen molar-refractivity contribution in [3.05, 3.63) is 45.7 Å². The molecule has 2 aromatic rings. The predicted molar refractivity (Wildman–Crippen MR) is 90.1 cm³/mol. The van der Waals surface area contributed by atoms with Crippen molar-refractivity contribution in [2.24, 2.45) is 7.05 Å². The van der Waals surface area contributed by atoms with Crippen molar-refractivity contribution in [3.63, 3.8) is 0 Å². The second-order valence-electron chi connectivity index (χ2n) is 5.18. The van der Waals surface area contributed by atoms with Crippen LogP contribution in [0, 0.1) is 13.8 Å². The smallest absolute Gasteiger partial charge is 0.310 e. The van der Waals surface area contributed by atoms with Gasteiger partial charge in [0.1, 0.15) is 0 Å². The number of benzene rings is 1. The van der Waals surface area contributed by atoms with E-state index in [1.807, 2.05) is 38.1 Å². The summed E-state index contributed by atoms with van der Waals surface area (Å²) in [6.07, 6.45) is 0.130. The number of ether oxygens (including phenoxy) is 1. The molecule has 2 rings (SSSR count). The lowest BCUT2D eigenvalue weighted by molar-refractivity contribution is -0.146. The standard InChI is InChI=1S/C16H18BrN3O3/c1-10-16(11(2)20(3)19-10)18-14(21)9-23-15(22)8-12-4-6-13(17)7-5-12/h4-7H,8-9H2,1-3H3,(H,18,21). The number of rotatable bonds is 5. The predicted octanol–water partition coefficient (Wildman–Crippen LogP) is 2.52. The van der Waals surface area contributed by atoms with Gasteiger partial charge in [-0.25, -0.2) is 0 Å². The summed E-state index contributed by atoms with van der Waals surface area (Å²) in [4.78, 5) is 23.7. The molecule has 122 valence electrons. The van der Waals surface area contributed by atoms with E-state index in [1.54, 1.807) is 11.7 Å². The molecule has 1 heterocycles. The molecule has 0 aliphatic heterocycles. The molecule has 1 aromatic heterocycles. The number of halogens is 1. The van der Waals surface area contributed by atoms with Gasteiger partial charge in [-0.2, -0.15) is 5.10 Å². The maximum atomic E-state index is 11.9. The fourth-order valence-electron chi connectivity index (χ4n) is 2.10. The lowest BCUT2D eigenvalue weighted by atomic mass is 10.2. The van der Waals surface area contributed by atoms with E-state index in [-0.39, 0.29) is 18.9 Å². The maximum Gasteiger partial charge on any atom is 0.310 e. The Balaban J connectivity index is 1.84. The van der Waals surface area contributed by atoms with Crippen molar-refractivity contribution in [3.8, 4) is 0 Å². The molecule has 1 amide bonds. The Hall–Kier alpha value is -2.15. The molecule has 23 heavy (non-hydrogen) atoms. The third kappa shape index (κ3) is 4.66. The van der Waals surface area contributed by atoms with Gasteiger partial charge in [-0.05, 0) is 31.5 Å². The molecule has 0 fully saturated rings. The molecule has 0 aliphatic rings. The molecular weight excluding hydrogens is 362 g/mol. The van der Waals surface area contributed by atoms with Crippen molar-refractivity contribution < 1.29 is 14.3 Å². The lowest BCUT2D eigenvalue weighted by Crippen LogP contribution is -2.22. The van der Waals surface area contributed by atoms with E-state index in [1.165, 1.54) is 0 Å². The van der Waals surface area contributed by atoms with Gasteiger partial charge in [-0.15, -0.1) is 0 Å². The van der Waals surface area contributed by atoms with E-state index in [2.05, 4.69) is 26.3 Å². The number of carbonyl (C=O) groups excluding carboxylic acids is 2. The van der Waals surface area contributed by atoms with E-state index < -0.39 is 5.97 Å². The van der Waals surface area contributed by atoms with Crippen molar-refractivity contribution in [2.45, 2.75) is 20.3 Å². The molecule has 0 bridgehead atoms. The number of anilines is 1. The first-order valence-electron chi connectivity index (χ1n) is 7.07. The van der Waals surface area contributed by atoms with Crippen LogP contribution in [0.2, 0.25) is 0 Å². The summed E-state index contributed by atoms with van der Waals surface area (Å²) in [5.74, 6) is -0.824. The van der Waals surface area contributed by atoms with Crippen LogP contribution in [0.3, 0.4) is 0 Å². The summed E-state index contributed by atoms with van der Waals surface area (Å²) >= 11 is 3.33. The number of nitrogens with zero attached hydrogens (tertiary/aromatic N) is 2. The summed E-state index contributed by atoms with van der Waals surface area (Å²) in [5.41, 5.74) is 3.05. The average Bonchev–Trinajstić information content (AvgIpc) is 2.74. The van der Waals surface area contributed by atoms with Crippen LogP contribution >= 0.6 is 15.9 Å². The number of aromatic nitrogens is 2. The molecule has 6 nitrogen and oxygen atoms in total. The van der Waals surface area contributed by atoms with E-state index in [9.17, 15) is 9.59 Å². The number of hydrogen-bond donors (Lipinski definition) is 1. The number of carbonyl (C=O) groups is 2. The lowest BCUT2D eigenvalue weighted by Gasteiger charge is -2.07. The number of esters is 1. The molecule has 0 spiro atoms. The topological polar surface area (TPSA) is 73.2 Å². The number of amides is 1. The molecule has 1 N–H and O–H groups in total. The Labute approximate surface area is 143 Å². The molecular formula is C16H18BrN3O3. The number of hydrogen-bond acceptors (Lipinski definition) is 4. The zero-order chi connectivity index (χ0) is 17.0. The molecule has 1 aromatic carbocycles. The molecule has 0 unspecified atom stereocenters. The van der Waals surface area contributed by atoms with Crippen LogP contribution in [-0.2, 0) is 27.8 Å².